The van der Waals surface area contributed by atoms with Gasteiger partial charge in [0.25, 0.3) is 0 Å². The van der Waals surface area contributed by atoms with E-state index in [9.17, 15) is 8.42 Å². The summed E-state index contributed by atoms with van der Waals surface area (Å²) in [5.41, 5.74) is 0.858. The van der Waals surface area contributed by atoms with E-state index in [1.807, 2.05) is 12.1 Å². The quantitative estimate of drug-likeness (QED) is 0.826. The van der Waals surface area contributed by atoms with Crippen molar-refractivity contribution in [2.24, 2.45) is 0 Å². The van der Waals surface area contributed by atoms with Crippen LogP contribution < -0.4 is 5.32 Å². The Hall–Kier alpha value is -0.780. The van der Waals surface area contributed by atoms with E-state index in [-0.39, 0.29) is 18.1 Å². The Morgan fingerprint density at radius 2 is 1.88 bits per heavy atom. The van der Waals surface area contributed by atoms with Crippen LogP contribution in [0.3, 0.4) is 0 Å². The number of methoxy groups -OCH3 is 1. The molecule has 0 amide bonds. The highest BCUT2D eigenvalue weighted by Gasteiger charge is 2.09. The van der Waals surface area contributed by atoms with Crippen LogP contribution in [0.15, 0.2) is 24.3 Å². The van der Waals surface area contributed by atoms with Crippen molar-refractivity contribution in [3.8, 4) is 0 Å². The summed E-state index contributed by atoms with van der Waals surface area (Å²) in [6, 6.07) is 7.13. The monoisotopic (exact) mass is 277 g/mol. The maximum absolute atomic E-state index is 11.5. The van der Waals surface area contributed by atoms with Crippen LogP contribution in [0.5, 0.6) is 0 Å². The molecule has 0 aliphatic carbocycles. The molecular weight excluding hydrogens is 262 g/mol. The number of rotatable bonds is 7. The summed E-state index contributed by atoms with van der Waals surface area (Å²) in [6.07, 6.45) is 0. The normalized spacial score (nSPS) is 11.4. The molecule has 0 spiro atoms. The van der Waals surface area contributed by atoms with Crippen LogP contribution in [0, 0.1) is 0 Å². The van der Waals surface area contributed by atoms with Crippen molar-refractivity contribution < 1.29 is 13.2 Å². The second kappa shape index (κ2) is 6.83. The van der Waals surface area contributed by atoms with Gasteiger partial charge in [0.15, 0.2) is 9.84 Å². The minimum Gasteiger partial charge on any atom is -0.384 e. The van der Waals surface area contributed by atoms with Crippen molar-refractivity contribution in [2.45, 2.75) is 0 Å². The van der Waals surface area contributed by atoms with E-state index in [2.05, 4.69) is 5.32 Å². The molecule has 6 heteroatoms. The van der Waals surface area contributed by atoms with Gasteiger partial charge >= 0.3 is 0 Å². The molecule has 96 valence electrons. The number of halogens is 1. The first-order valence-electron chi connectivity index (χ1n) is 5.22. The van der Waals surface area contributed by atoms with Gasteiger partial charge < -0.3 is 10.1 Å². The molecule has 0 heterocycles. The van der Waals surface area contributed by atoms with Gasteiger partial charge in [-0.3, -0.25) is 0 Å². The van der Waals surface area contributed by atoms with Crippen molar-refractivity contribution in [1.82, 2.24) is 0 Å². The fourth-order valence-corrected chi connectivity index (χ4v) is 2.39. The van der Waals surface area contributed by atoms with E-state index in [1.165, 1.54) is 7.11 Å². The Kier molecular flexibility index (Phi) is 5.74. The maximum Gasteiger partial charge on any atom is 0.154 e. The molecule has 0 radical (unpaired) electrons. The zero-order valence-electron chi connectivity index (χ0n) is 9.65. The predicted octanol–water partition coefficient (Wildman–Crippen LogP) is 1.81. The zero-order valence-corrected chi connectivity index (χ0v) is 11.2. The van der Waals surface area contributed by atoms with Crippen LogP contribution in [-0.4, -0.2) is 40.2 Å². The number of anilines is 1. The third-order valence-electron chi connectivity index (χ3n) is 2.18. The average Bonchev–Trinajstić information content (AvgIpc) is 2.29. The lowest BCUT2D eigenvalue weighted by Gasteiger charge is -2.07. The van der Waals surface area contributed by atoms with Crippen LogP contribution >= 0.6 is 11.6 Å². The SMILES string of the molecule is COCCS(=O)(=O)CCNc1ccc(Cl)cc1. The summed E-state index contributed by atoms with van der Waals surface area (Å²) < 4.78 is 27.7. The molecule has 0 fully saturated rings. The number of hydrogen-bond donors (Lipinski definition) is 1. The topological polar surface area (TPSA) is 55.4 Å². The van der Waals surface area contributed by atoms with Crippen molar-refractivity contribution in [3.05, 3.63) is 29.3 Å². The molecule has 4 nitrogen and oxygen atoms in total. The lowest BCUT2D eigenvalue weighted by atomic mass is 10.3. The van der Waals surface area contributed by atoms with E-state index in [1.54, 1.807) is 12.1 Å². The van der Waals surface area contributed by atoms with Gasteiger partial charge in [0.1, 0.15) is 0 Å². The molecule has 0 bridgehead atoms. The first-order valence-corrected chi connectivity index (χ1v) is 7.42. The van der Waals surface area contributed by atoms with E-state index in [0.29, 0.717) is 11.6 Å². The Balaban J connectivity index is 2.34. The standard InChI is InChI=1S/C11H16ClNO3S/c1-16-7-9-17(14,15)8-6-13-11-4-2-10(12)3-5-11/h2-5,13H,6-9H2,1H3. The minimum atomic E-state index is -3.04. The summed E-state index contributed by atoms with van der Waals surface area (Å²) in [7, 11) is -1.55. The maximum atomic E-state index is 11.5. The predicted molar refractivity (Wildman–Crippen MR) is 70.5 cm³/mol. The molecular formula is C11H16ClNO3S. The molecule has 1 rings (SSSR count). The Morgan fingerprint density at radius 1 is 1.24 bits per heavy atom. The number of nitrogens with one attached hydrogen (secondary N) is 1. The highest BCUT2D eigenvalue weighted by Crippen LogP contribution is 2.12. The van der Waals surface area contributed by atoms with Crippen LogP contribution in [0.4, 0.5) is 5.69 Å². The average molecular weight is 278 g/mol. The molecule has 0 atom stereocenters. The molecule has 0 saturated carbocycles. The summed E-state index contributed by atoms with van der Waals surface area (Å²) in [4.78, 5) is 0. The number of benzene rings is 1. The summed E-state index contributed by atoms with van der Waals surface area (Å²) in [6.45, 7) is 0.622. The third-order valence-corrected chi connectivity index (χ3v) is 4.05. The molecule has 0 aliphatic heterocycles. The van der Waals surface area contributed by atoms with E-state index in [4.69, 9.17) is 16.3 Å². The van der Waals surface area contributed by atoms with Crippen LogP contribution in [0.2, 0.25) is 5.02 Å². The molecule has 1 aromatic rings. The number of ether oxygens (including phenoxy) is 1. The molecule has 17 heavy (non-hydrogen) atoms. The van der Waals surface area contributed by atoms with Crippen LogP contribution in [-0.2, 0) is 14.6 Å². The van der Waals surface area contributed by atoms with Crippen molar-refractivity contribution in [2.75, 3.05) is 37.1 Å². The third kappa shape index (κ3) is 5.91. The first-order chi connectivity index (χ1) is 8.03. The van der Waals surface area contributed by atoms with Gasteiger partial charge in [-0.15, -0.1) is 0 Å². The Labute approximate surface area is 107 Å². The second-order valence-electron chi connectivity index (χ2n) is 3.58. The van der Waals surface area contributed by atoms with Gasteiger partial charge in [0, 0.05) is 24.4 Å². The van der Waals surface area contributed by atoms with Gasteiger partial charge in [-0.25, -0.2) is 8.42 Å². The highest BCUT2D eigenvalue weighted by molar-refractivity contribution is 7.91. The van der Waals surface area contributed by atoms with Gasteiger partial charge in [-0.2, -0.15) is 0 Å². The smallest absolute Gasteiger partial charge is 0.154 e. The van der Waals surface area contributed by atoms with Gasteiger partial charge in [-0.05, 0) is 24.3 Å². The van der Waals surface area contributed by atoms with E-state index in [0.717, 1.165) is 5.69 Å². The van der Waals surface area contributed by atoms with Crippen molar-refractivity contribution in [1.29, 1.82) is 0 Å². The molecule has 0 aliphatic rings. The summed E-state index contributed by atoms with van der Waals surface area (Å²) >= 11 is 5.74. The number of sulfone groups is 1. The van der Waals surface area contributed by atoms with Gasteiger partial charge in [0.05, 0.1) is 18.1 Å². The van der Waals surface area contributed by atoms with Crippen molar-refractivity contribution in [3.63, 3.8) is 0 Å². The van der Waals surface area contributed by atoms with E-state index < -0.39 is 9.84 Å². The van der Waals surface area contributed by atoms with Gasteiger partial charge in [0.2, 0.25) is 0 Å². The van der Waals surface area contributed by atoms with Gasteiger partial charge in [-0.1, -0.05) is 11.6 Å². The Morgan fingerprint density at radius 3 is 2.47 bits per heavy atom. The largest absolute Gasteiger partial charge is 0.384 e. The lowest BCUT2D eigenvalue weighted by Crippen LogP contribution is -2.20. The zero-order chi connectivity index (χ0) is 12.7. The van der Waals surface area contributed by atoms with Crippen LogP contribution in [0.1, 0.15) is 0 Å². The second-order valence-corrected chi connectivity index (χ2v) is 6.32. The minimum absolute atomic E-state index is 0.0613. The first kappa shape index (κ1) is 14.3. The molecule has 0 saturated heterocycles. The molecule has 1 N–H and O–H groups in total. The highest BCUT2D eigenvalue weighted by atomic mass is 35.5. The fourth-order valence-electron chi connectivity index (χ4n) is 1.23. The van der Waals surface area contributed by atoms with E-state index >= 15 is 0 Å². The lowest BCUT2D eigenvalue weighted by molar-refractivity contribution is 0.217. The summed E-state index contributed by atoms with van der Waals surface area (Å²) in [5.74, 6) is 0.158. The molecule has 0 aromatic heterocycles. The van der Waals surface area contributed by atoms with Crippen molar-refractivity contribution >= 4 is 27.1 Å². The molecule has 1 aromatic carbocycles. The summed E-state index contributed by atoms with van der Waals surface area (Å²) in [5, 5.41) is 3.68. The Bertz CT molecular complexity index is 431. The fraction of sp³-hybridized carbons (Fsp3) is 0.455. The number of hydrogen-bond acceptors (Lipinski definition) is 4. The van der Waals surface area contributed by atoms with Crippen LogP contribution in [0.25, 0.3) is 0 Å². The molecule has 0 unspecified atom stereocenters.